The van der Waals surface area contributed by atoms with Gasteiger partial charge in [-0.25, -0.2) is 19.4 Å². The van der Waals surface area contributed by atoms with Crippen molar-refractivity contribution >= 4 is 16.6 Å². The number of nitrogens with zero attached hydrogens (tertiary/aromatic N) is 4. The lowest BCUT2D eigenvalue weighted by molar-refractivity contribution is 0.164. The van der Waals surface area contributed by atoms with Crippen molar-refractivity contribution in [2.45, 2.75) is 25.8 Å². The topological polar surface area (TPSA) is 57.4 Å². The van der Waals surface area contributed by atoms with Crippen LogP contribution in [-0.2, 0) is 0 Å². The van der Waals surface area contributed by atoms with Crippen molar-refractivity contribution in [3.05, 3.63) is 42.3 Å². The molecule has 7 heteroatoms. The van der Waals surface area contributed by atoms with Crippen LogP contribution in [0.5, 0.6) is 0 Å². The van der Waals surface area contributed by atoms with Crippen molar-refractivity contribution < 1.29 is 8.81 Å². The van der Waals surface area contributed by atoms with Crippen molar-refractivity contribution in [2.75, 3.05) is 32.6 Å². The number of rotatable bonds is 4. The molecule has 0 bridgehead atoms. The van der Waals surface area contributed by atoms with Gasteiger partial charge in [0.2, 0.25) is 0 Å². The smallest absolute Gasteiger partial charge is 0.191 e. The van der Waals surface area contributed by atoms with Crippen LogP contribution in [0.4, 0.5) is 10.2 Å². The van der Waals surface area contributed by atoms with Crippen molar-refractivity contribution in [1.29, 1.82) is 0 Å². The molecular weight excluding hydrogens is 345 g/mol. The number of oxazole rings is 1. The number of hydrazine groups is 1. The molecule has 0 atom stereocenters. The summed E-state index contributed by atoms with van der Waals surface area (Å²) in [6.07, 6.45) is 5.41. The van der Waals surface area contributed by atoms with Gasteiger partial charge in [0.15, 0.2) is 11.7 Å². The number of hydrogen-bond acceptors (Lipinski definition) is 6. The lowest BCUT2D eigenvalue weighted by Gasteiger charge is -2.35. The molecule has 0 aliphatic carbocycles. The summed E-state index contributed by atoms with van der Waals surface area (Å²) >= 11 is 0. The number of aryl methyl sites for hydroxylation is 1. The molecule has 0 saturated carbocycles. The molecule has 3 heterocycles. The van der Waals surface area contributed by atoms with E-state index in [9.17, 15) is 4.39 Å². The van der Waals surface area contributed by atoms with Crippen LogP contribution in [-0.4, -0.2) is 53.1 Å². The van der Waals surface area contributed by atoms with E-state index in [1.807, 2.05) is 19.2 Å². The maximum absolute atomic E-state index is 14.5. The second-order valence-corrected chi connectivity index (χ2v) is 7.25. The Morgan fingerprint density at radius 1 is 1.19 bits per heavy atom. The van der Waals surface area contributed by atoms with E-state index < -0.39 is 0 Å². The first-order chi connectivity index (χ1) is 13.0. The lowest BCUT2D eigenvalue weighted by Crippen LogP contribution is -2.44. The summed E-state index contributed by atoms with van der Waals surface area (Å²) in [6.45, 7) is 3.95. The second kappa shape index (κ2) is 7.25. The Kier molecular flexibility index (Phi) is 4.80. The van der Waals surface area contributed by atoms with Gasteiger partial charge in [-0.1, -0.05) is 0 Å². The predicted octanol–water partition coefficient (Wildman–Crippen LogP) is 3.69. The molecule has 1 aliphatic rings. The zero-order chi connectivity index (χ0) is 19.0. The monoisotopic (exact) mass is 369 g/mol. The van der Waals surface area contributed by atoms with Gasteiger partial charge in [-0.15, -0.1) is 0 Å². The van der Waals surface area contributed by atoms with Crippen LogP contribution in [0, 0.1) is 12.7 Å². The zero-order valence-electron chi connectivity index (χ0n) is 15.9. The minimum atomic E-state index is -0.320. The van der Waals surface area contributed by atoms with Gasteiger partial charge in [-0.2, -0.15) is 0 Å². The van der Waals surface area contributed by atoms with Gasteiger partial charge in [0.1, 0.15) is 11.6 Å². The average molecular weight is 369 g/mol. The number of benzene rings is 1. The van der Waals surface area contributed by atoms with E-state index in [1.165, 1.54) is 6.07 Å². The molecule has 1 fully saturated rings. The van der Waals surface area contributed by atoms with E-state index in [0.717, 1.165) is 31.3 Å². The summed E-state index contributed by atoms with van der Waals surface area (Å²) < 4.78 is 20.1. The Bertz CT molecular complexity index is 949. The van der Waals surface area contributed by atoms with Crippen LogP contribution >= 0.6 is 0 Å². The van der Waals surface area contributed by atoms with Crippen molar-refractivity contribution in [3.8, 4) is 11.3 Å². The van der Waals surface area contributed by atoms with Crippen molar-refractivity contribution in [3.63, 3.8) is 0 Å². The van der Waals surface area contributed by atoms with Gasteiger partial charge >= 0.3 is 0 Å². The molecule has 1 aromatic carbocycles. The maximum Gasteiger partial charge on any atom is 0.191 e. The van der Waals surface area contributed by atoms with Crippen LogP contribution in [0.3, 0.4) is 0 Å². The fourth-order valence-corrected chi connectivity index (χ4v) is 3.57. The third-order valence-electron chi connectivity index (χ3n) is 5.22. The first-order valence-corrected chi connectivity index (χ1v) is 9.20. The molecule has 1 N–H and O–H groups in total. The molecule has 142 valence electrons. The summed E-state index contributed by atoms with van der Waals surface area (Å²) in [7, 11) is 4.19. The SMILES string of the molecule is Cc1ncc(-c2cc(F)c3cnc(NN(C)C4CCN(C)CC4)cc3c2)o1. The predicted molar refractivity (Wildman–Crippen MR) is 104 cm³/mol. The largest absolute Gasteiger partial charge is 0.441 e. The van der Waals surface area contributed by atoms with Gasteiger partial charge in [0, 0.05) is 37.2 Å². The molecule has 0 unspecified atom stereocenters. The van der Waals surface area contributed by atoms with Crippen LogP contribution < -0.4 is 5.43 Å². The number of anilines is 1. The van der Waals surface area contributed by atoms with Crippen LogP contribution in [0.2, 0.25) is 0 Å². The Hall–Kier alpha value is -2.51. The Labute approximate surface area is 158 Å². The first kappa shape index (κ1) is 17.9. The number of nitrogens with one attached hydrogen (secondary N) is 1. The Balaban J connectivity index is 1.59. The number of pyridine rings is 1. The summed E-state index contributed by atoms with van der Waals surface area (Å²) in [6, 6.07) is 5.69. The molecular formula is C20H24FN5O. The molecule has 4 rings (SSSR count). The minimum absolute atomic E-state index is 0.320. The molecule has 0 radical (unpaired) electrons. The molecule has 27 heavy (non-hydrogen) atoms. The Morgan fingerprint density at radius 2 is 1.96 bits per heavy atom. The molecule has 0 spiro atoms. The highest BCUT2D eigenvalue weighted by Crippen LogP contribution is 2.28. The fraction of sp³-hybridized carbons (Fsp3) is 0.400. The zero-order valence-corrected chi connectivity index (χ0v) is 15.9. The number of fused-ring (bicyclic) bond motifs is 1. The molecule has 1 saturated heterocycles. The first-order valence-electron chi connectivity index (χ1n) is 9.20. The number of halogens is 1. The standard InChI is InChI=1S/C20H24FN5O/c1-13-22-12-19(27-13)15-8-14-10-20(23-11-17(14)18(21)9-15)24-26(3)16-4-6-25(2)7-5-16/h8-12,16H,4-7H2,1-3H3,(H,23,24). The quantitative estimate of drug-likeness (QED) is 0.708. The van der Waals surface area contributed by atoms with Crippen LogP contribution in [0.25, 0.3) is 22.1 Å². The highest BCUT2D eigenvalue weighted by Gasteiger charge is 2.21. The number of likely N-dealkylation sites (tertiary alicyclic amines) is 1. The fourth-order valence-electron chi connectivity index (χ4n) is 3.57. The van der Waals surface area contributed by atoms with Gasteiger partial charge in [-0.3, -0.25) is 0 Å². The average Bonchev–Trinajstić information content (AvgIpc) is 3.08. The molecule has 3 aromatic rings. The van der Waals surface area contributed by atoms with Crippen molar-refractivity contribution in [1.82, 2.24) is 19.9 Å². The minimum Gasteiger partial charge on any atom is -0.441 e. The summed E-state index contributed by atoms with van der Waals surface area (Å²) in [5.74, 6) is 1.50. The van der Waals surface area contributed by atoms with Crippen molar-refractivity contribution in [2.24, 2.45) is 0 Å². The summed E-state index contributed by atoms with van der Waals surface area (Å²) in [4.78, 5) is 10.8. The van der Waals surface area contributed by atoms with Crippen LogP contribution in [0.15, 0.2) is 35.0 Å². The highest BCUT2D eigenvalue weighted by atomic mass is 19.1. The molecule has 1 aliphatic heterocycles. The second-order valence-electron chi connectivity index (χ2n) is 7.25. The number of aromatic nitrogens is 2. The van der Waals surface area contributed by atoms with E-state index >= 15 is 0 Å². The summed E-state index contributed by atoms with van der Waals surface area (Å²) in [5.41, 5.74) is 4.01. The third kappa shape index (κ3) is 3.79. The van der Waals surface area contributed by atoms with Crippen LogP contribution in [0.1, 0.15) is 18.7 Å². The normalized spacial score (nSPS) is 16.3. The third-order valence-corrected chi connectivity index (χ3v) is 5.22. The molecule has 2 aromatic heterocycles. The molecule has 6 nitrogen and oxygen atoms in total. The maximum atomic E-state index is 14.5. The van der Waals surface area contributed by atoms with E-state index in [0.29, 0.717) is 34.5 Å². The number of hydrogen-bond donors (Lipinski definition) is 1. The highest BCUT2D eigenvalue weighted by molar-refractivity contribution is 5.88. The van der Waals surface area contributed by atoms with Gasteiger partial charge in [-0.05, 0) is 56.6 Å². The Morgan fingerprint density at radius 3 is 2.67 bits per heavy atom. The van der Waals surface area contributed by atoms with E-state index in [2.05, 4.69) is 32.4 Å². The van der Waals surface area contributed by atoms with E-state index in [1.54, 1.807) is 19.3 Å². The van der Waals surface area contributed by atoms with Gasteiger partial charge < -0.3 is 14.7 Å². The van der Waals surface area contributed by atoms with E-state index in [4.69, 9.17) is 4.42 Å². The summed E-state index contributed by atoms with van der Waals surface area (Å²) in [5, 5.41) is 3.37. The molecule has 0 amide bonds. The number of piperidine rings is 1. The van der Waals surface area contributed by atoms with Gasteiger partial charge in [0.25, 0.3) is 0 Å². The van der Waals surface area contributed by atoms with Gasteiger partial charge in [0.05, 0.1) is 6.20 Å². The lowest BCUT2D eigenvalue weighted by atomic mass is 10.1. The van der Waals surface area contributed by atoms with E-state index in [-0.39, 0.29) is 5.82 Å².